The first-order valence-corrected chi connectivity index (χ1v) is 14.4. The maximum atomic E-state index is 13.5. The van der Waals surface area contributed by atoms with Gasteiger partial charge in [0.2, 0.25) is 0 Å². The molecule has 9 heteroatoms. The molecule has 2 amide bonds. The number of para-hydroxylation sites is 1. The summed E-state index contributed by atoms with van der Waals surface area (Å²) in [7, 11) is 1.58. The van der Waals surface area contributed by atoms with Crippen molar-refractivity contribution in [3.63, 3.8) is 0 Å². The predicted octanol–water partition coefficient (Wildman–Crippen LogP) is 4.90. The van der Waals surface area contributed by atoms with E-state index < -0.39 is 0 Å². The number of hydrogen-bond acceptors (Lipinski definition) is 7. The van der Waals surface area contributed by atoms with Crippen molar-refractivity contribution in [1.82, 2.24) is 14.8 Å². The van der Waals surface area contributed by atoms with E-state index in [4.69, 9.17) is 14.2 Å². The Morgan fingerprint density at radius 3 is 2.56 bits per heavy atom. The monoisotopic (exact) mass is 556 g/mol. The Balaban J connectivity index is 1.04. The Kier molecular flexibility index (Phi) is 8.04. The van der Waals surface area contributed by atoms with Crippen molar-refractivity contribution in [3.05, 3.63) is 83.7 Å². The maximum Gasteiger partial charge on any atom is 0.414 e. The number of benzene rings is 2. The number of hydrogen-bond donors (Lipinski definition) is 0. The van der Waals surface area contributed by atoms with Gasteiger partial charge in [-0.2, -0.15) is 0 Å². The van der Waals surface area contributed by atoms with Crippen molar-refractivity contribution in [3.8, 4) is 11.5 Å². The van der Waals surface area contributed by atoms with Crippen LogP contribution in [0.4, 0.5) is 10.5 Å². The third kappa shape index (κ3) is 6.00. The number of ether oxygens (including phenoxy) is 3. The zero-order chi connectivity index (χ0) is 28.2. The van der Waals surface area contributed by atoms with Crippen LogP contribution in [0.3, 0.4) is 0 Å². The van der Waals surface area contributed by atoms with Crippen LogP contribution in [-0.4, -0.2) is 72.2 Å². The first-order valence-electron chi connectivity index (χ1n) is 14.4. The van der Waals surface area contributed by atoms with Crippen LogP contribution >= 0.6 is 0 Å². The molecule has 0 radical (unpaired) electrons. The summed E-state index contributed by atoms with van der Waals surface area (Å²) in [5.74, 6) is 1.15. The second kappa shape index (κ2) is 12.2. The van der Waals surface area contributed by atoms with Gasteiger partial charge in [-0.3, -0.25) is 19.6 Å². The average molecular weight is 557 g/mol. The van der Waals surface area contributed by atoms with Crippen LogP contribution in [0.5, 0.6) is 11.5 Å². The number of fused-ring (bicyclic) bond motifs is 1. The molecule has 3 aliphatic rings. The molecule has 0 bridgehead atoms. The van der Waals surface area contributed by atoms with E-state index in [1.807, 2.05) is 53.6 Å². The third-order valence-electron chi connectivity index (χ3n) is 8.29. The van der Waals surface area contributed by atoms with Crippen molar-refractivity contribution in [2.75, 3.05) is 38.2 Å². The molecule has 0 unspecified atom stereocenters. The molecule has 1 aromatic heterocycles. The van der Waals surface area contributed by atoms with E-state index in [-0.39, 0.29) is 24.1 Å². The molecule has 3 aliphatic heterocycles. The van der Waals surface area contributed by atoms with Gasteiger partial charge < -0.3 is 19.1 Å². The number of methoxy groups -OCH3 is 1. The van der Waals surface area contributed by atoms with Gasteiger partial charge in [-0.1, -0.05) is 24.3 Å². The number of carbonyl (C=O) groups is 2. The molecule has 2 aromatic carbocycles. The van der Waals surface area contributed by atoms with Gasteiger partial charge in [0.1, 0.15) is 24.2 Å². The van der Waals surface area contributed by atoms with Crippen LogP contribution < -0.4 is 14.4 Å². The van der Waals surface area contributed by atoms with E-state index in [1.165, 1.54) is 5.56 Å². The van der Waals surface area contributed by atoms with Gasteiger partial charge in [-0.05, 0) is 55.5 Å². The minimum Gasteiger partial charge on any atom is -0.496 e. The lowest BCUT2D eigenvalue weighted by molar-refractivity contribution is 0.0705. The molecule has 0 N–H and O–H groups in total. The topological polar surface area (TPSA) is 84.4 Å². The van der Waals surface area contributed by atoms with Crippen molar-refractivity contribution in [2.24, 2.45) is 0 Å². The van der Waals surface area contributed by atoms with Crippen LogP contribution in [0.2, 0.25) is 0 Å². The number of pyridine rings is 1. The number of nitrogens with zero attached hydrogens (tertiary/aromatic N) is 4. The van der Waals surface area contributed by atoms with Crippen LogP contribution in [0.1, 0.15) is 47.2 Å². The lowest BCUT2D eigenvalue weighted by atomic mass is 10.00. The first-order chi connectivity index (χ1) is 20.1. The normalized spacial score (nSPS) is 18.5. The highest BCUT2D eigenvalue weighted by Gasteiger charge is 2.35. The molecule has 6 rings (SSSR count). The Morgan fingerprint density at radius 1 is 1.00 bits per heavy atom. The lowest BCUT2D eigenvalue weighted by Gasteiger charge is -2.40. The predicted molar refractivity (Wildman–Crippen MR) is 154 cm³/mol. The molecule has 2 saturated heterocycles. The molecule has 0 aliphatic carbocycles. The van der Waals surface area contributed by atoms with Crippen molar-refractivity contribution >= 4 is 17.7 Å². The van der Waals surface area contributed by atoms with Crippen LogP contribution in [0.15, 0.2) is 67.0 Å². The van der Waals surface area contributed by atoms with Gasteiger partial charge in [0.25, 0.3) is 5.91 Å². The number of rotatable bonds is 7. The fourth-order valence-electron chi connectivity index (χ4n) is 6.07. The first kappa shape index (κ1) is 27.1. The number of cyclic esters (lactones) is 1. The van der Waals surface area contributed by atoms with Gasteiger partial charge in [-0.15, -0.1) is 0 Å². The average Bonchev–Trinajstić information content (AvgIpc) is 3.02. The standard InChI is InChI=1S/C32H36N4O5/c1-39-30-19-27(41-26-12-15-34(16-13-26)21-23-5-4-14-33-20-23)8-9-28(30)31(37)35-17-10-25(11-18-35)36-29-7-3-2-6-24(29)22-40-32(36)38/h2-9,14,19-20,25-26H,10-13,15-18,21-22H2,1H3. The van der Waals surface area contributed by atoms with Crippen LogP contribution in [0.25, 0.3) is 0 Å². The van der Waals surface area contributed by atoms with Gasteiger partial charge in [0, 0.05) is 62.8 Å². The molecule has 4 heterocycles. The summed E-state index contributed by atoms with van der Waals surface area (Å²) in [5.41, 5.74) is 3.66. The highest BCUT2D eigenvalue weighted by molar-refractivity contribution is 5.97. The Morgan fingerprint density at radius 2 is 1.80 bits per heavy atom. The van der Waals surface area contributed by atoms with E-state index >= 15 is 0 Å². The summed E-state index contributed by atoms with van der Waals surface area (Å²) >= 11 is 0. The van der Waals surface area contributed by atoms with Gasteiger partial charge in [0.15, 0.2) is 0 Å². The van der Waals surface area contributed by atoms with Crippen molar-refractivity contribution < 1.29 is 23.8 Å². The number of aromatic nitrogens is 1. The molecule has 41 heavy (non-hydrogen) atoms. The fourth-order valence-corrected chi connectivity index (χ4v) is 6.07. The van der Waals surface area contributed by atoms with Crippen LogP contribution in [-0.2, 0) is 17.9 Å². The lowest BCUT2D eigenvalue weighted by Crippen LogP contribution is -2.50. The Labute approximate surface area is 240 Å². The summed E-state index contributed by atoms with van der Waals surface area (Å²) in [4.78, 5) is 36.4. The smallest absolute Gasteiger partial charge is 0.414 e. The van der Waals surface area contributed by atoms with Crippen molar-refractivity contribution in [2.45, 2.75) is 51.0 Å². The second-order valence-corrected chi connectivity index (χ2v) is 10.9. The zero-order valence-corrected chi connectivity index (χ0v) is 23.4. The highest BCUT2D eigenvalue weighted by Crippen LogP contribution is 2.33. The molecule has 0 atom stereocenters. The van der Waals surface area contributed by atoms with Gasteiger partial charge >= 0.3 is 6.09 Å². The SMILES string of the molecule is COc1cc(OC2CCN(Cc3cccnc3)CC2)ccc1C(=O)N1CCC(N2C(=O)OCc3ccccc32)CC1. The number of carbonyl (C=O) groups excluding carboxylic acids is 2. The quantitative estimate of drug-likeness (QED) is 0.410. The highest BCUT2D eigenvalue weighted by atomic mass is 16.6. The summed E-state index contributed by atoms with van der Waals surface area (Å²) in [6, 6.07) is 17.4. The minimum absolute atomic E-state index is 0.0125. The minimum atomic E-state index is -0.315. The van der Waals surface area contributed by atoms with E-state index in [1.54, 1.807) is 24.3 Å². The number of anilines is 1. The van der Waals surface area contributed by atoms with E-state index in [2.05, 4.69) is 16.0 Å². The number of amides is 2. The van der Waals surface area contributed by atoms with Crippen LogP contribution in [0, 0.1) is 0 Å². The summed E-state index contributed by atoms with van der Waals surface area (Å²) in [6.45, 7) is 4.22. The number of likely N-dealkylation sites (tertiary alicyclic amines) is 2. The third-order valence-corrected chi connectivity index (χ3v) is 8.29. The molecule has 2 fully saturated rings. The van der Waals surface area contributed by atoms with Crippen molar-refractivity contribution in [1.29, 1.82) is 0 Å². The molecular formula is C32H36N4O5. The summed E-state index contributed by atoms with van der Waals surface area (Å²) in [6.07, 6.45) is 6.76. The maximum absolute atomic E-state index is 13.5. The molecule has 0 saturated carbocycles. The van der Waals surface area contributed by atoms with E-state index in [9.17, 15) is 9.59 Å². The summed E-state index contributed by atoms with van der Waals surface area (Å²) in [5, 5.41) is 0. The molecule has 9 nitrogen and oxygen atoms in total. The van der Waals surface area contributed by atoms with E-state index in [0.717, 1.165) is 43.7 Å². The molecule has 3 aromatic rings. The number of piperidine rings is 2. The van der Waals surface area contributed by atoms with E-state index in [0.29, 0.717) is 49.6 Å². The molecule has 0 spiro atoms. The summed E-state index contributed by atoms with van der Waals surface area (Å²) < 4.78 is 17.3. The second-order valence-electron chi connectivity index (χ2n) is 10.9. The molecule has 214 valence electrons. The fraction of sp³-hybridized carbons (Fsp3) is 0.406. The zero-order valence-electron chi connectivity index (χ0n) is 23.4. The Bertz CT molecular complexity index is 1370. The van der Waals surface area contributed by atoms with Gasteiger partial charge in [0.05, 0.1) is 18.4 Å². The largest absolute Gasteiger partial charge is 0.496 e. The van der Waals surface area contributed by atoms with Gasteiger partial charge in [-0.25, -0.2) is 4.79 Å². The Hall–Kier alpha value is -4.11. The molecular weight excluding hydrogens is 520 g/mol.